The molecule has 0 spiro atoms. The molecule has 0 fully saturated rings. The summed E-state index contributed by atoms with van der Waals surface area (Å²) in [6.45, 7) is 1.28. The maximum atomic E-state index is 12.5. The van der Waals surface area contributed by atoms with Crippen LogP contribution in [0.1, 0.15) is 12.0 Å². The van der Waals surface area contributed by atoms with E-state index >= 15 is 0 Å². The predicted molar refractivity (Wildman–Crippen MR) is 150 cm³/mol. The van der Waals surface area contributed by atoms with E-state index in [1.54, 1.807) is 6.20 Å². The molecule has 3 aromatic carbocycles. The fourth-order valence-corrected chi connectivity index (χ4v) is 4.99. The van der Waals surface area contributed by atoms with Gasteiger partial charge in [-0.05, 0) is 66.9 Å². The second kappa shape index (κ2) is 13.2. The normalized spacial score (nSPS) is 11.3. The lowest BCUT2D eigenvalue weighted by atomic mass is 10.2. The van der Waals surface area contributed by atoms with Gasteiger partial charge in [-0.15, -0.1) is 0 Å². The van der Waals surface area contributed by atoms with Gasteiger partial charge in [0, 0.05) is 41.9 Å². The SMILES string of the molecule is O=C(COc1ccc(S(=O)(=O)NCCc2ccccc2)cc1)NCCCNc1ccnc2cc(Cl)ccc12. The maximum absolute atomic E-state index is 12.5. The fraction of sp³-hybridized carbons (Fsp3) is 0.214. The van der Waals surface area contributed by atoms with Crippen molar-refractivity contribution >= 4 is 44.1 Å². The van der Waals surface area contributed by atoms with Gasteiger partial charge in [0.05, 0.1) is 10.4 Å². The van der Waals surface area contributed by atoms with Crippen LogP contribution in [0.2, 0.25) is 5.02 Å². The second-order valence-electron chi connectivity index (χ2n) is 8.54. The molecule has 0 aliphatic carbocycles. The molecule has 1 amide bonds. The van der Waals surface area contributed by atoms with Gasteiger partial charge in [0.15, 0.2) is 6.61 Å². The van der Waals surface area contributed by atoms with Crippen molar-refractivity contribution in [2.75, 3.05) is 31.6 Å². The summed E-state index contributed by atoms with van der Waals surface area (Å²) in [4.78, 5) is 16.6. The number of nitrogens with one attached hydrogen (secondary N) is 3. The molecule has 0 saturated carbocycles. The van der Waals surface area contributed by atoms with Crippen LogP contribution in [0.15, 0.2) is 90.0 Å². The number of benzene rings is 3. The Morgan fingerprint density at radius 1 is 0.921 bits per heavy atom. The number of nitrogens with zero attached hydrogens (tertiary/aromatic N) is 1. The van der Waals surface area contributed by atoms with Gasteiger partial charge in [-0.25, -0.2) is 13.1 Å². The Bertz CT molecular complexity index is 1470. The molecular weight excluding hydrogens is 524 g/mol. The molecular formula is C28H29ClN4O4S. The van der Waals surface area contributed by atoms with Crippen molar-refractivity contribution in [3.8, 4) is 5.75 Å². The number of aromatic nitrogens is 1. The number of pyridine rings is 1. The Labute approximate surface area is 227 Å². The Balaban J connectivity index is 1.14. The Hall–Kier alpha value is -3.66. The average Bonchev–Trinajstić information content (AvgIpc) is 2.92. The molecule has 0 aliphatic rings. The van der Waals surface area contributed by atoms with Crippen molar-refractivity contribution in [2.45, 2.75) is 17.7 Å². The highest BCUT2D eigenvalue weighted by molar-refractivity contribution is 7.89. The second-order valence-corrected chi connectivity index (χ2v) is 10.7. The van der Waals surface area contributed by atoms with Crippen LogP contribution in [0.3, 0.4) is 0 Å². The molecule has 38 heavy (non-hydrogen) atoms. The third-order valence-electron chi connectivity index (χ3n) is 5.75. The summed E-state index contributed by atoms with van der Waals surface area (Å²) in [6, 6.07) is 23.1. The molecule has 10 heteroatoms. The van der Waals surface area contributed by atoms with Crippen molar-refractivity contribution < 1.29 is 17.9 Å². The molecule has 0 atom stereocenters. The lowest BCUT2D eigenvalue weighted by molar-refractivity contribution is -0.123. The summed E-state index contributed by atoms with van der Waals surface area (Å²) in [5.41, 5.74) is 2.83. The van der Waals surface area contributed by atoms with Crippen molar-refractivity contribution in [1.29, 1.82) is 0 Å². The summed E-state index contributed by atoms with van der Waals surface area (Å²) in [6.07, 6.45) is 3.04. The highest BCUT2D eigenvalue weighted by Crippen LogP contribution is 2.24. The van der Waals surface area contributed by atoms with E-state index in [9.17, 15) is 13.2 Å². The van der Waals surface area contributed by atoms with Crippen LogP contribution >= 0.6 is 11.6 Å². The van der Waals surface area contributed by atoms with Crippen LogP contribution in [0.25, 0.3) is 10.9 Å². The minimum atomic E-state index is -3.63. The molecule has 0 unspecified atom stereocenters. The van der Waals surface area contributed by atoms with Gasteiger partial charge in [0.25, 0.3) is 5.91 Å². The molecule has 4 aromatic rings. The summed E-state index contributed by atoms with van der Waals surface area (Å²) >= 11 is 6.03. The number of halogens is 1. The third kappa shape index (κ3) is 7.92. The van der Waals surface area contributed by atoms with E-state index in [1.807, 2.05) is 54.6 Å². The zero-order chi connectivity index (χ0) is 26.8. The number of carbonyl (C=O) groups is 1. The monoisotopic (exact) mass is 552 g/mol. The van der Waals surface area contributed by atoms with Gasteiger partial charge in [0.1, 0.15) is 5.75 Å². The number of carbonyl (C=O) groups excluding carboxylic acids is 1. The molecule has 3 N–H and O–H groups in total. The van der Waals surface area contributed by atoms with Gasteiger partial charge in [0.2, 0.25) is 10.0 Å². The summed E-state index contributed by atoms with van der Waals surface area (Å²) in [5, 5.41) is 7.79. The minimum absolute atomic E-state index is 0.139. The largest absolute Gasteiger partial charge is 0.484 e. The van der Waals surface area contributed by atoms with Crippen molar-refractivity contribution in [3.05, 3.63) is 95.6 Å². The standard InChI is InChI=1S/C28H29ClN4O4S/c29-22-7-12-25-26(14-17-31-27(25)19-22)30-15-4-16-32-28(34)20-37-23-8-10-24(11-9-23)38(35,36)33-18-13-21-5-2-1-3-6-21/h1-3,5-12,14,17,19,33H,4,13,15-16,18,20H2,(H,30,31)(H,32,34). The van der Waals surface area contributed by atoms with Gasteiger partial charge in [-0.3, -0.25) is 9.78 Å². The number of rotatable bonds is 13. The number of sulfonamides is 1. The first-order valence-electron chi connectivity index (χ1n) is 12.2. The molecule has 4 rings (SSSR count). The van der Waals surface area contributed by atoms with Crippen LogP contribution in [0, 0.1) is 0 Å². The van der Waals surface area contributed by atoms with Crippen molar-refractivity contribution in [1.82, 2.24) is 15.0 Å². The van der Waals surface area contributed by atoms with Crippen LogP contribution in [0.4, 0.5) is 5.69 Å². The van der Waals surface area contributed by atoms with E-state index < -0.39 is 10.0 Å². The first kappa shape index (κ1) is 27.4. The lowest BCUT2D eigenvalue weighted by Gasteiger charge is -2.11. The highest BCUT2D eigenvalue weighted by atomic mass is 35.5. The van der Waals surface area contributed by atoms with E-state index in [2.05, 4.69) is 20.3 Å². The van der Waals surface area contributed by atoms with Crippen LogP contribution < -0.4 is 20.1 Å². The molecule has 0 bridgehead atoms. The van der Waals surface area contributed by atoms with Gasteiger partial charge < -0.3 is 15.4 Å². The topological polar surface area (TPSA) is 109 Å². The number of anilines is 1. The van der Waals surface area contributed by atoms with Crippen LogP contribution in [-0.2, 0) is 21.2 Å². The Morgan fingerprint density at radius 3 is 2.50 bits per heavy atom. The van der Waals surface area contributed by atoms with E-state index in [1.165, 1.54) is 24.3 Å². The Morgan fingerprint density at radius 2 is 1.71 bits per heavy atom. The van der Waals surface area contributed by atoms with Gasteiger partial charge >= 0.3 is 0 Å². The zero-order valence-electron chi connectivity index (χ0n) is 20.7. The molecule has 1 heterocycles. The molecule has 0 radical (unpaired) electrons. The first-order valence-corrected chi connectivity index (χ1v) is 14.1. The average molecular weight is 553 g/mol. The number of hydrogen-bond acceptors (Lipinski definition) is 6. The third-order valence-corrected chi connectivity index (χ3v) is 7.46. The smallest absolute Gasteiger partial charge is 0.257 e. The first-order chi connectivity index (χ1) is 18.4. The van der Waals surface area contributed by atoms with Crippen molar-refractivity contribution in [3.63, 3.8) is 0 Å². The fourth-order valence-electron chi connectivity index (χ4n) is 3.79. The van der Waals surface area contributed by atoms with E-state index in [-0.39, 0.29) is 17.4 Å². The molecule has 1 aromatic heterocycles. The Kier molecular flexibility index (Phi) is 9.53. The maximum Gasteiger partial charge on any atom is 0.257 e. The summed E-state index contributed by atoms with van der Waals surface area (Å²) in [7, 11) is -3.63. The van der Waals surface area contributed by atoms with E-state index in [0.717, 1.165) is 22.2 Å². The van der Waals surface area contributed by atoms with E-state index in [4.69, 9.17) is 16.3 Å². The lowest BCUT2D eigenvalue weighted by Crippen LogP contribution is -2.30. The molecule has 8 nitrogen and oxygen atoms in total. The number of amides is 1. The minimum Gasteiger partial charge on any atom is -0.484 e. The highest BCUT2D eigenvalue weighted by Gasteiger charge is 2.13. The zero-order valence-corrected chi connectivity index (χ0v) is 22.3. The van der Waals surface area contributed by atoms with Crippen LogP contribution in [0.5, 0.6) is 5.75 Å². The number of fused-ring (bicyclic) bond motifs is 1. The summed E-state index contributed by atoms with van der Waals surface area (Å²) in [5.74, 6) is 0.156. The van der Waals surface area contributed by atoms with Crippen molar-refractivity contribution in [2.24, 2.45) is 0 Å². The van der Waals surface area contributed by atoms with E-state index in [0.29, 0.717) is 43.2 Å². The van der Waals surface area contributed by atoms with Gasteiger partial charge in [-0.2, -0.15) is 0 Å². The molecule has 0 aliphatic heterocycles. The number of ether oxygens (including phenoxy) is 1. The predicted octanol–water partition coefficient (Wildman–Crippen LogP) is 4.41. The van der Waals surface area contributed by atoms with Gasteiger partial charge in [-0.1, -0.05) is 41.9 Å². The molecule has 0 saturated heterocycles. The summed E-state index contributed by atoms with van der Waals surface area (Å²) < 4.78 is 33.1. The van der Waals surface area contributed by atoms with Crippen LogP contribution in [-0.4, -0.2) is 45.6 Å². The molecule has 198 valence electrons. The quantitative estimate of drug-likeness (QED) is 0.212. The number of hydrogen-bond donors (Lipinski definition) is 3.